The fraction of sp³-hybridized carbons (Fsp3) is 0.667. The highest BCUT2D eigenvalue weighted by Crippen LogP contribution is 2.10. The Morgan fingerprint density at radius 1 is 1.40 bits per heavy atom. The molecule has 0 atom stereocenters. The van der Waals surface area contributed by atoms with Crippen molar-refractivity contribution in [1.29, 1.82) is 0 Å². The number of hydrogen-bond acceptors (Lipinski definition) is 5. The first-order valence-corrected chi connectivity index (χ1v) is 6.37. The van der Waals surface area contributed by atoms with Gasteiger partial charge in [0.25, 0.3) is 0 Å². The summed E-state index contributed by atoms with van der Waals surface area (Å²) in [5, 5.41) is 0. The van der Waals surface area contributed by atoms with Gasteiger partial charge < -0.3 is 17.7 Å². The van der Waals surface area contributed by atoms with Gasteiger partial charge in [0, 0.05) is 26.9 Å². The Morgan fingerprint density at radius 3 is 2.40 bits per heavy atom. The lowest BCUT2D eigenvalue weighted by Gasteiger charge is -2.23. The van der Waals surface area contributed by atoms with E-state index in [0.29, 0.717) is 6.61 Å². The minimum Gasteiger partial charge on any atom is -0.449 e. The molecule has 0 amide bonds. The standard InChI is InChI=1S/C9H18O5Si/c1-5-7-8-13-15(11-3,12-4)14-9(10)6-2/h6H,2,5,7-8H2,1,3-4H3. The predicted octanol–water partition coefficient (Wildman–Crippen LogP) is 1.26. The number of rotatable bonds is 8. The van der Waals surface area contributed by atoms with Crippen LogP contribution in [-0.4, -0.2) is 35.8 Å². The van der Waals surface area contributed by atoms with Crippen molar-refractivity contribution in [3.8, 4) is 0 Å². The molecule has 6 heteroatoms. The molecule has 0 aromatic rings. The summed E-state index contributed by atoms with van der Waals surface area (Å²) in [7, 11) is -0.512. The highest BCUT2D eigenvalue weighted by atomic mass is 28.4. The molecule has 0 spiro atoms. The molecule has 0 aromatic carbocycles. The van der Waals surface area contributed by atoms with Crippen LogP contribution in [0.4, 0.5) is 0 Å². The largest absolute Gasteiger partial charge is 0.751 e. The summed E-state index contributed by atoms with van der Waals surface area (Å²) in [6.45, 7) is 5.76. The topological polar surface area (TPSA) is 54.0 Å². The van der Waals surface area contributed by atoms with Crippen LogP contribution in [0.1, 0.15) is 19.8 Å². The number of hydrogen-bond donors (Lipinski definition) is 0. The lowest BCUT2D eigenvalue weighted by atomic mass is 10.4. The SMILES string of the molecule is C=CC(=O)O[Si](OC)(OC)OCCCC. The Labute approximate surface area is 91.5 Å². The minimum atomic E-state index is -3.29. The van der Waals surface area contributed by atoms with Gasteiger partial charge in [-0.1, -0.05) is 19.9 Å². The molecular weight excluding hydrogens is 216 g/mol. The zero-order valence-electron chi connectivity index (χ0n) is 9.45. The molecule has 0 bridgehead atoms. The van der Waals surface area contributed by atoms with Crippen LogP contribution < -0.4 is 0 Å². The van der Waals surface area contributed by atoms with Crippen LogP contribution in [0.3, 0.4) is 0 Å². The average Bonchev–Trinajstić information content (AvgIpc) is 2.27. The van der Waals surface area contributed by atoms with E-state index in [4.69, 9.17) is 17.7 Å². The van der Waals surface area contributed by atoms with Gasteiger partial charge in [-0.2, -0.15) is 0 Å². The number of unbranched alkanes of at least 4 members (excludes halogenated alkanes) is 1. The first-order chi connectivity index (χ1) is 7.14. The maximum absolute atomic E-state index is 11.0. The van der Waals surface area contributed by atoms with Gasteiger partial charge in [-0.3, -0.25) is 0 Å². The first kappa shape index (κ1) is 14.3. The Morgan fingerprint density at radius 2 is 2.00 bits per heavy atom. The van der Waals surface area contributed by atoms with Crippen LogP contribution in [0.2, 0.25) is 0 Å². The quantitative estimate of drug-likeness (QED) is 0.359. The second kappa shape index (κ2) is 7.58. The maximum Gasteiger partial charge on any atom is 0.751 e. The van der Waals surface area contributed by atoms with E-state index in [1.807, 2.05) is 6.92 Å². The van der Waals surface area contributed by atoms with Gasteiger partial charge in [-0.25, -0.2) is 4.79 Å². The number of carbonyl (C=O) groups excluding carboxylic acids is 1. The molecule has 0 saturated carbocycles. The molecule has 0 saturated heterocycles. The van der Waals surface area contributed by atoms with Crippen LogP contribution in [-0.2, 0) is 22.5 Å². The molecule has 15 heavy (non-hydrogen) atoms. The van der Waals surface area contributed by atoms with Crippen LogP contribution in [0.15, 0.2) is 12.7 Å². The Bertz CT molecular complexity index is 203. The lowest BCUT2D eigenvalue weighted by molar-refractivity contribution is -0.137. The second-order valence-corrected chi connectivity index (χ2v) is 5.04. The van der Waals surface area contributed by atoms with Gasteiger partial charge in [-0.15, -0.1) is 0 Å². The molecule has 0 aliphatic carbocycles. The van der Waals surface area contributed by atoms with Crippen molar-refractivity contribution >= 4 is 15.0 Å². The van der Waals surface area contributed by atoms with E-state index in [2.05, 4.69) is 6.58 Å². The molecule has 88 valence electrons. The van der Waals surface area contributed by atoms with E-state index >= 15 is 0 Å². The molecule has 5 nitrogen and oxygen atoms in total. The third-order valence-electron chi connectivity index (χ3n) is 1.67. The van der Waals surface area contributed by atoms with Gasteiger partial charge in [-0.05, 0) is 6.42 Å². The summed E-state index contributed by atoms with van der Waals surface area (Å²) >= 11 is 0. The Balaban J connectivity index is 4.28. The van der Waals surface area contributed by atoms with E-state index in [0.717, 1.165) is 18.9 Å². The summed E-state index contributed by atoms with van der Waals surface area (Å²) in [6.07, 6.45) is 2.88. The predicted molar refractivity (Wildman–Crippen MR) is 56.9 cm³/mol. The summed E-state index contributed by atoms with van der Waals surface area (Å²) in [5.74, 6) is -0.609. The van der Waals surface area contributed by atoms with E-state index in [1.54, 1.807) is 0 Å². The second-order valence-electron chi connectivity index (χ2n) is 2.74. The lowest BCUT2D eigenvalue weighted by Crippen LogP contribution is -2.48. The molecule has 0 heterocycles. The monoisotopic (exact) mass is 234 g/mol. The third-order valence-corrected chi connectivity index (χ3v) is 3.68. The Kier molecular flexibility index (Phi) is 7.23. The molecular formula is C9H18O5Si. The zero-order valence-corrected chi connectivity index (χ0v) is 10.4. The fourth-order valence-electron chi connectivity index (χ4n) is 0.820. The first-order valence-electron chi connectivity index (χ1n) is 4.73. The van der Waals surface area contributed by atoms with Crippen LogP contribution >= 0.6 is 0 Å². The fourth-order valence-corrected chi connectivity index (χ4v) is 2.17. The normalized spacial score (nSPS) is 11.1. The third kappa shape index (κ3) is 5.08. The van der Waals surface area contributed by atoms with E-state index in [-0.39, 0.29) is 0 Å². The van der Waals surface area contributed by atoms with Crippen molar-refractivity contribution in [3.05, 3.63) is 12.7 Å². The van der Waals surface area contributed by atoms with Gasteiger partial charge >= 0.3 is 15.0 Å². The summed E-state index contributed by atoms with van der Waals surface area (Å²) < 4.78 is 20.3. The summed E-state index contributed by atoms with van der Waals surface area (Å²) in [5.41, 5.74) is 0. The summed E-state index contributed by atoms with van der Waals surface area (Å²) in [6, 6.07) is 0. The molecule has 0 fully saturated rings. The van der Waals surface area contributed by atoms with Crippen LogP contribution in [0.25, 0.3) is 0 Å². The van der Waals surface area contributed by atoms with Gasteiger partial charge in [0.1, 0.15) is 0 Å². The van der Waals surface area contributed by atoms with E-state index < -0.39 is 15.0 Å². The molecule has 0 aromatic heterocycles. The maximum atomic E-state index is 11.0. The van der Waals surface area contributed by atoms with E-state index in [1.165, 1.54) is 14.2 Å². The Hall–Kier alpha value is -0.693. The van der Waals surface area contributed by atoms with Crippen molar-refractivity contribution in [2.75, 3.05) is 20.8 Å². The molecule has 0 unspecified atom stereocenters. The average molecular weight is 234 g/mol. The molecule has 0 aliphatic heterocycles. The van der Waals surface area contributed by atoms with Crippen molar-refractivity contribution in [1.82, 2.24) is 0 Å². The molecule has 0 rings (SSSR count). The van der Waals surface area contributed by atoms with Crippen molar-refractivity contribution < 1.29 is 22.5 Å². The molecule has 0 aliphatic rings. The highest BCUT2D eigenvalue weighted by molar-refractivity contribution is 6.55. The van der Waals surface area contributed by atoms with Gasteiger partial charge in [0.15, 0.2) is 0 Å². The summed E-state index contributed by atoms with van der Waals surface area (Å²) in [4.78, 5) is 11.0. The van der Waals surface area contributed by atoms with Gasteiger partial charge in [0.05, 0.1) is 0 Å². The highest BCUT2D eigenvalue weighted by Gasteiger charge is 2.47. The van der Waals surface area contributed by atoms with Crippen molar-refractivity contribution in [2.45, 2.75) is 19.8 Å². The van der Waals surface area contributed by atoms with Gasteiger partial charge in [0.2, 0.25) is 0 Å². The van der Waals surface area contributed by atoms with Crippen LogP contribution in [0.5, 0.6) is 0 Å². The smallest absolute Gasteiger partial charge is 0.449 e. The number of carbonyl (C=O) groups is 1. The van der Waals surface area contributed by atoms with E-state index in [9.17, 15) is 4.79 Å². The van der Waals surface area contributed by atoms with Crippen molar-refractivity contribution in [2.24, 2.45) is 0 Å². The minimum absolute atomic E-state index is 0.439. The van der Waals surface area contributed by atoms with Crippen molar-refractivity contribution in [3.63, 3.8) is 0 Å². The zero-order chi connectivity index (χ0) is 11.7. The van der Waals surface area contributed by atoms with Crippen LogP contribution in [0, 0.1) is 0 Å². The molecule has 0 radical (unpaired) electrons. The molecule has 0 N–H and O–H groups in total.